The van der Waals surface area contributed by atoms with Crippen molar-refractivity contribution in [3.05, 3.63) is 88.6 Å². The van der Waals surface area contributed by atoms with E-state index in [1.54, 1.807) is 31.2 Å². The van der Waals surface area contributed by atoms with Gasteiger partial charge in [-0.05, 0) is 42.2 Å². The number of benzene rings is 2. The largest absolute Gasteiger partial charge is 0.361 e. The van der Waals surface area contributed by atoms with Crippen LogP contribution < -0.4 is 21.3 Å². The first-order valence-electron chi connectivity index (χ1n) is 12.6. The van der Waals surface area contributed by atoms with Crippen LogP contribution in [0.25, 0.3) is 0 Å². The summed E-state index contributed by atoms with van der Waals surface area (Å²) in [5, 5.41) is 14.3. The van der Waals surface area contributed by atoms with Gasteiger partial charge in [-0.15, -0.1) is 0 Å². The summed E-state index contributed by atoms with van der Waals surface area (Å²) >= 11 is 0. The number of hydrogen-bond acceptors (Lipinski definition) is 7. The number of carbonyl (C=O) groups is 5. The molecule has 2 heterocycles. The van der Waals surface area contributed by atoms with Crippen LogP contribution >= 0.6 is 0 Å². The van der Waals surface area contributed by atoms with E-state index < -0.39 is 41.7 Å². The summed E-state index contributed by atoms with van der Waals surface area (Å²) in [5.41, 5.74) is 1.55. The molecule has 0 radical (unpaired) electrons. The second-order valence-corrected chi connectivity index (χ2v) is 9.43. The molecule has 3 unspecified atom stereocenters. The van der Waals surface area contributed by atoms with Crippen molar-refractivity contribution >= 4 is 29.9 Å². The first-order valence-corrected chi connectivity index (χ1v) is 12.6. The van der Waals surface area contributed by atoms with Gasteiger partial charge >= 0.3 is 0 Å². The fraction of sp³-hybridized carbons (Fsp3) is 0.286. The molecule has 4 amide bonds. The van der Waals surface area contributed by atoms with E-state index in [0.717, 1.165) is 0 Å². The summed E-state index contributed by atoms with van der Waals surface area (Å²) < 4.78 is 18.5. The molecule has 0 fully saturated rings. The molecule has 1 aromatic heterocycles. The number of aromatic nitrogens is 1. The highest BCUT2D eigenvalue weighted by Gasteiger charge is 2.30. The Labute approximate surface area is 228 Å². The molecular weight excluding hydrogens is 521 g/mol. The van der Waals surface area contributed by atoms with E-state index in [2.05, 4.69) is 26.4 Å². The Morgan fingerprint density at radius 2 is 1.88 bits per heavy atom. The van der Waals surface area contributed by atoms with Crippen LogP contribution in [0, 0.1) is 12.7 Å². The van der Waals surface area contributed by atoms with Gasteiger partial charge in [0.05, 0.1) is 6.04 Å². The molecule has 2 aromatic carbocycles. The Hall–Kier alpha value is -4.87. The maximum atomic E-state index is 13.7. The number of halogens is 1. The van der Waals surface area contributed by atoms with Crippen LogP contribution in [0.2, 0.25) is 0 Å². The average Bonchev–Trinajstić information content (AvgIpc) is 3.39. The molecule has 4 rings (SSSR count). The van der Waals surface area contributed by atoms with Crippen molar-refractivity contribution in [2.45, 2.75) is 50.9 Å². The Balaban J connectivity index is 1.70. The van der Waals surface area contributed by atoms with Gasteiger partial charge in [0.2, 0.25) is 17.7 Å². The minimum Gasteiger partial charge on any atom is -0.361 e. The molecule has 3 aromatic rings. The van der Waals surface area contributed by atoms with E-state index in [4.69, 9.17) is 4.52 Å². The highest BCUT2D eigenvalue weighted by molar-refractivity contribution is 5.98. The lowest BCUT2D eigenvalue weighted by Gasteiger charge is -2.24. The van der Waals surface area contributed by atoms with Crippen LogP contribution in [0.3, 0.4) is 0 Å². The Morgan fingerprint density at radius 3 is 2.58 bits per heavy atom. The summed E-state index contributed by atoms with van der Waals surface area (Å²) in [6.45, 7) is 1.76. The Kier molecular flexibility index (Phi) is 9.00. The highest BCUT2D eigenvalue weighted by atomic mass is 19.1. The van der Waals surface area contributed by atoms with Crippen molar-refractivity contribution in [1.29, 1.82) is 0 Å². The van der Waals surface area contributed by atoms with Gasteiger partial charge in [0, 0.05) is 25.5 Å². The van der Waals surface area contributed by atoms with Crippen LogP contribution in [0.5, 0.6) is 0 Å². The number of fused-ring (bicyclic) bond motifs is 2. The Bertz CT molecular complexity index is 1410. The predicted molar refractivity (Wildman–Crippen MR) is 139 cm³/mol. The third kappa shape index (κ3) is 7.37. The molecule has 0 saturated carbocycles. The number of aldehydes is 1. The topological polar surface area (TPSA) is 160 Å². The molecule has 4 N–H and O–H groups in total. The lowest BCUT2D eigenvalue weighted by Crippen LogP contribution is -2.53. The van der Waals surface area contributed by atoms with Crippen molar-refractivity contribution in [2.24, 2.45) is 0 Å². The van der Waals surface area contributed by atoms with Crippen LogP contribution in [0.1, 0.15) is 51.8 Å². The number of hydrogen-bond donors (Lipinski definition) is 4. The molecule has 0 spiro atoms. The second kappa shape index (κ2) is 12.8. The number of rotatable bonds is 5. The average molecular weight is 550 g/mol. The normalized spacial score (nSPS) is 20.2. The number of nitrogens with one attached hydrogen (secondary N) is 4. The van der Waals surface area contributed by atoms with Crippen LogP contribution in [0.4, 0.5) is 4.39 Å². The van der Waals surface area contributed by atoms with E-state index >= 15 is 0 Å². The fourth-order valence-corrected chi connectivity index (χ4v) is 4.22. The molecule has 11 nitrogen and oxygen atoms in total. The molecule has 0 aliphatic carbocycles. The van der Waals surface area contributed by atoms with Crippen molar-refractivity contribution in [3.63, 3.8) is 0 Å². The highest BCUT2D eigenvalue weighted by Crippen LogP contribution is 2.18. The summed E-state index contributed by atoms with van der Waals surface area (Å²) in [5.74, 6) is -2.48. The lowest BCUT2D eigenvalue weighted by atomic mass is 10.0. The summed E-state index contributed by atoms with van der Waals surface area (Å²) in [4.78, 5) is 64.0. The minimum absolute atomic E-state index is 0.0197. The molecule has 1 aliphatic heterocycles. The maximum Gasteiger partial charge on any atom is 0.274 e. The predicted octanol–water partition coefficient (Wildman–Crippen LogP) is 1.41. The molecule has 12 heteroatoms. The van der Waals surface area contributed by atoms with Gasteiger partial charge in [-0.2, -0.15) is 0 Å². The summed E-state index contributed by atoms with van der Waals surface area (Å²) in [6, 6.07) is 10.1. The van der Waals surface area contributed by atoms with Gasteiger partial charge in [0.25, 0.3) is 5.91 Å². The zero-order valence-corrected chi connectivity index (χ0v) is 21.6. The third-order valence-corrected chi connectivity index (χ3v) is 6.33. The second-order valence-electron chi connectivity index (χ2n) is 9.43. The smallest absolute Gasteiger partial charge is 0.274 e. The third-order valence-electron chi connectivity index (χ3n) is 6.33. The van der Waals surface area contributed by atoms with E-state index in [1.807, 2.05) is 0 Å². The minimum atomic E-state index is -1.27. The fourth-order valence-electron chi connectivity index (χ4n) is 4.22. The van der Waals surface area contributed by atoms with Gasteiger partial charge in [0.1, 0.15) is 29.9 Å². The molecule has 1 aliphatic rings. The van der Waals surface area contributed by atoms with Crippen molar-refractivity contribution in [3.8, 4) is 0 Å². The van der Waals surface area contributed by atoms with Crippen LogP contribution in [0.15, 0.2) is 59.1 Å². The summed E-state index contributed by atoms with van der Waals surface area (Å²) in [6.07, 6.45) is 0.515. The monoisotopic (exact) mass is 549 g/mol. The first-order chi connectivity index (χ1) is 19.2. The molecule has 208 valence electrons. The maximum absolute atomic E-state index is 13.7. The molecule has 0 saturated heterocycles. The zero-order chi connectivity index (χ0) is 28.6. The van der Waals surface area contributed by atoms with Crippen LogP contribution in [-0.2, 0) is 32.1 Å². The number of aryl methyl sites for hydroxylation is 1. The zero-order valence-electron chi connectivity index (χ0n) is 21.6. The first kappa shape index (κ1) is 28.1. The van der Waals surface area contributed by atoms with Gasteiger partial charge in [-0.3, -0.25) is 19.2 Å². The van der Waals surface area contributed by atoms with Gasteiger partial charge < -0.3 is 30.6 Å². The SMILES string of the molecule is Cc1cc(C(=O)NC2C(=O)NC(Cc3ccc(F)cc3)C(=O)NC(C=O)CCC(=O)NCc3cccc2c3)no1. The van der Waals surface area contributed by atoms with Crippen molar-refractivity contribution < 1.29 is 32.9 Å². The van der Waals surface area contributed by atoms with Gasteiger partial charge in [-0.1, -0.05) is 41.6 Å². The van der Waals surface area contributed by atoms with E-state index in [1.165, 1.54) is 30.3 Å². The van der Waals surface area contributed by atoms with E-state index in [0.29, 0.717) is 28.7 Å². The number of amides is 4. The van der Waals surface area contributed by atoms with Crippen molar-refractivity contribution in [1.82, 2.24) is 26.4 Å². The molecule has 40 heavy (non-hydrogen) atoms. The Morgan fingerprint density at radius 1 is 1.10 bits per heavy atom. The molecule has 2 bridgehead atoms. The standard InChI is InChI=1S/C28H28FN5O6/c1-16-11-23(34-40-16)27(38)33-25-19-4-2-3-18(12-19)14-30-24(36)10-9-21(15-35)31-26(37)22(32-28(25)39)13-17-5-7-20(29)8-6-17/h2-8,11-12,15,21-22,25H,9-10,13-14H2,1H3,(H,30,36)(H,31,37)(H,32,39)(H,33,38). The lowest BCUT2D eigenvalue weighted by molar-refractivity contribution is -0.131. The van der Waals surface area contributed by atoms with Crippen LogP contribution in [-0.4, -0.2) is 47.2 Å². The number of carbonyl (C=O) groups excluding carboxylic acids is 5. The molecular formula is C28H28FN5O6. The quantitative estimate of drug-likeness (QED) is 0.350. The van der Waals surface area contributed by atoms with E-state index in [9.17, 15) is 28.4 Å². The molecule has 3 atom stereocenters. The van der Waals surface area contributed by atoms with Gasteiger partial charge in [0.15, 0.2) is 5.69 Å². The summed E-state index contributed by atoms with van der Waals surface area (Å²) in [7, 11) is 0. The number of nitrogens with zero attached hydrogens (tertiary/aromatic N) is 1. The van der Waals surface area contributed by atoms with E-state index in [-0.39, 0.29) is 37.4 Å². The van der Waals surface area contributed by atoms with Gasteiger partial charge in [-0.25, -0.2) is 4.39 Å². The van der Waals surface area contributed by atoms with Crippen molar-refractivity contribution in [2.75, 3.05) is 0 Å².